The van der Waals surface area contributed by atoms with Crippen molar-refractivity contribution in [2.75, 3.05) is 5.32 Å². The van der Waals surface area contributed by atoms with Crippen LogP contribution in [0.4, 0.5) is 5.13 Å². The Bertz CT molecular complexity index is 875. The third-order valence-corrected chi connectivity index (χ3v) is 5.38. The molecule has 0 saturated carbocycles. The Balaban J connectivity index is 1.71. The van der Waals surface area contributed by atoms with Crippen LogP contribution in [0.2, 0.25) is 0 Å². The van der Waals surface area contributed by atoms with E-state index in [2.05, 4.69) is 25.7 Å². The smallest absolute Gasteiger partial charge is 0.260 e. The number of carbonyl (C=O) groups is 1. The summed E-state index contributed by atoms with van der Waals surface area (Å²) >= 11 is 2.81. The largest absolute Gasteiger partial charge is 0.361 e. The number of nitrogens with one attached hydrogen (secondary N) is 1. The van der Waals surface area contributed by atoms with E-state index in [0.29, 0.717) is 21.5 Å². The Hall–Kier alpha value is -2.26. The molecule has 1 amide bonds. The molecular formula is C16H17N5O2S2. The lowest BCUT2D eigenvalue weighted by molar-refractivity contribution is 0.102. The molecule has 0 aromatic carbocycles. The van der Waals surface area contributed by atoms with Gasteiger partial charge in [0.2, 0.25) is 5.13 Å². The van der Waals surface area contributed by atoms with Crippen LogP contribution in [-0.4, -0.2) is 26.2 Å². The van der Waals surface area contributed by atoms with Crippen molar-refractivity contribution in [3.8, 4) is 0 Å². The first-order chi connectivity index (χ1) is 12.0. The highest BCUT2D eigenvalue weighted by atomic mass is 32.2. The van der Waals surface area contributed by atoms with Gasteiger partial charge in [-0.05, 0) is 19.1 Å². The quantitative estimate of drug-likeness (QED) is 0.653. The topological polar surface area (TPSA) is 93.8 Å². The van der Waals surface area contributed by atoms with Crippen LogP contribution in [-0.2, 0) is 5.75 Å². The maximum absolute atomic E-state index is 12.6. The summed E-state index contributed by atoms with van der Waals surface area (Å²) < 4.78 is 5.05. The predicted octanol–water partition coefficient (Wildman–Crippen LogP) is 3.90. The molecular weight excluding hydrogens is 358 g/mol. The SMILES string of the molecule is Cc1cc(CSc2ncccc2C(=O)Nc2nnc(C(C)C)s2)no1. The van der Waals surface area contributed by atoms with Crippen LogP contribution in [0.25, 0.3) is 0 Å². The fourth-order valence-electron chi connectivity index (χ4n) is 1.99. The van der Waals surface area contributed by atoms with Crippen molar-refractivity contribution in [3.05, 3.63) is 46.4 Å². The molecule has 0 fully saturated rings. The first kappa shape index (κ1) is 17.6. The molecule has 1 N–H and O–H groups in total. The van der Waals surface area contributed by atoms with Crippen LogP contribution in [0.1, 0.15) is 46.6 Å². The highest BCUT2D eigenvalue weighted by molar-refractivity contribution is 7.98. The van der Waals surface area contributed by atoms with E-state index in [1.54, 1.807) is 18.3 Å². The van der Waals surface area contributed by atoms with E-state index in [0.717, 1.165) is 16.5 Å². The average molecular weight is 375 g/mol. The summed E-state index contributed by atoms with van der Waals surface area (Å²) in [5.74, 6) is 1.36. The van der Waals surface area contributed by atoms with E-state index in [9.17, 15) is 4.79 Å². The summed E-state index contributed by atoms with van der Waals surface area (Å²) in [5.41, 5.74) is 1.30. The number of aromatic nitrogens is 4. The molecule has 0 aliphatic carbocycles. The van der Waals surface area contributed by atoms with Crippen molar-refractivity contribution in [1.29, 1.82) is 0 Å². The number of hydrogen-bond acceptors (Lipinski definition) is 8. The standard InChI is InChI=1S/C16H17N5O2S2/c1-9(2)14-19-20-16(25-14)18-13(22)12-5-4-6-17-15(12)24-8-11-7-10(3)23-21-11/h4-7,9H,8H2,1-3H3,(H,18,20,22). The number of aryl methyl sites for hydroxylation is 1. The van der Waals surface area contributed by atoms with Gasteiger partial charge in [-0.15, -0.1) is 10.2 Å². The van der Waals surface area contributed by atoms with Gasteiger partial charge in [0.15, 0.2) is 0 Å². The van der Waals surface area contributed by atoms with Gasteiger partial charge in [-0.1, -0.05) is 42.1 Å². The number of pyridine rings is 1. The summed E-state index contributed by atoms with van der Waals surface area (Å²) in [5, 5.41) is 16.8. The van der Waals surface area contributed by atoms with Crippen molar-refractivity contribution < 1.29 is 9.32 Å². The number of amides is 1. The van der Waals surface area contributed by atoms with Gasteiger partial charge in [0.1, 0.15) is 15.8 Å². The zero-order chi connectivity index (χ0) is 17.8. The van der Waals surface area contributed by atoms with Crippen LogP contribution in [0.3, 0.4) is 0 Å². The summed E-state index contributed by atoms with van der Waals surface area (Å²) in [6.07, 6.45) is 1.66. The lowest BCUT2D eigenvalue weighted by atomic mass is 10.2. The highest BCUT2D eigenvalue weighted by Crippen LogP contribution is 2.26. The lowest BCUT2D eigenvalue weighted by Crippen LogP contribution is -2.13. The molecule has 0 saturated heterocycles. The Kier molecular flexibility index (Phi) is 5.44. The maximum atomic E-state index is 12.6. The minimum Gasteiger partial charge on any atom is -0.361 e. The molecule has 3 heterocycles. The van der Waals surface area contributed by atoms with Crippen molar-refractivity contribution in [3.63, 3.8) is 0 Å². The van der Waals surface area contributed by atoms with E-state index in [4.69, 9.17) is 4.52 Å². The van der Waals surface area contributed by atoms with E-state index in [1.165, 1.54) is 23.1 Å². The predicted molar refractivity (Wildman–Crippen MR) is 97.0 cm³/mol. The third-order valence-electron chi connectivity index (χ3n) is 3.20. The Morgan fingerprint density at radius 1 is 1.40 bits per heavy atom. The molecule has 0 bridgehead atoms. The fourth-order valence-corrected chi connectivity index (χ4v) is 3.60. The zero-order valence-electron chi connectivity index (χ0n) is 14.0. The maximum Gasteiger partial charge on any atom is 0.260 e. The first-order valence-electron chi connectivity index (χ1n) is 7.67. The second-order valence-corrected chi connectivity index (χ2v) is 7.60. The number of rotatable bonds is 6. The van der Waals surface area contributed by atoms with E-state index >= 15 is 0 Å². The van der Waals surface area contributed by atoms with Crippen molar-refractivity contribution in [1.82, 2.24) is 20.3 Å². The zero-order valence-corrected chi connectivity index (χ0v) is 15.6. The van der Waals surface area contributed by atoms with Crippen LogP contribution >= 0.6 is 23.1 Å². The number of hydrogen-bond donors (Lipinski definition) is 1. The molecule has 3 aromatic rings. The summed E-state index contributed by atoms with van der Waals surface area (Å²) in [6, 6.07) is 5.34. The van der Waals surface area contributed by atoms with Gasteiger partial charge < -0.3 is 4.52 Å². The minimum absolute atomic E-state index is 0.251. The Morgan fingerprint density at radius 3 is 2.92 bits per heavy atom. The van der Waals surface area contributed by atoms with Crippen LogP contribution < -0.4 is 5.32 Å². The fraction of sp³-hybridized carbons (Fsp3) is 0.312. The molecule has 0 radical (unpaired) electrons. The Labute approximate surface area is 153 Å². The number of carbonyl (C=O) groups excluding carboxylic acids is 1. The van der Waals surface area contributed by atoms with Gasteiger partial charge in [-0.25, -0.2) is 4.98 Å². The van der Waals surface area contributed by atoms with E-state index in [1.807, 2.05) is 26.8 Å². The third kappa shape index (κ3) is 4.43. The van der Waals surface area contributed by atoms with Crippen molar-refractivity contribution in [2.24, 2.45) is 0 Å². The normalized spacial score (nSPS) is 11.0. The average Bonchev–Trinajstić information content (AvgIpc) is 3.22. The lowest BCUT2D eigenvalue weighted by Gasteiger charge is -2.06. The van der Waals surface area contributed by atoms with Gasteiger partial charge in [0.05, 0.1) is 11.3 Å². The van der Waals surface area contributed by atoms with Gasteiger partial charge in [-0.3, -0.25) is 10.1 Å². The van der Waals surface area contributed by atoms with Gasteiger partial charge >= 0.3 is 0 Å². The summed E-state index contributed by atoms with van der Waals surface area (Å²) in [7, 11) is 0. The molecule has 0 atom stereocenters. The molecule has 0 spiro atoms. The molecule has 0 aliphatic rings. The van der Waals surface area contributed by atoms with Crippen LogP contribution in [0, 0.1) is 6.92 Å². The first-order valence-corrected chi connectivity index (χ1v) is 9.48. The number of thioether (sulfide) groups is 1. The van der Waals surface area contributed by atoms with Crippen LogP contribution in [0.5, 0.6) is 0 Å². The summed E-state index contributed by atoms with van der Waals surface area (Å²) in [4.78, 5) is 16.9. The van der Waals surface area contributed by atoms with E-state index < -0.39 is 0 Å². The molecule has 3 aromatic heterocycles. The van der Waals surface area contributed by atoms with Gasteiger partial charge in [0, 0.05) is 23.9 Å². The molecule has 7 nitrogen and oxygen atoms in total. The van der Waals surface area contributed by atoms with E-state index in [-0.39, 0.29) is 11.8 Å². The van der Waals surface area contributed by atoms with Crippen molar-refractivity contribution in [2.45, 2.75) is 37.5 Å². The molecule has 9 heteroatoms. The number of anilines is 1. The van der Waals surface area contributed by atoms with Crippen LogP contribution in [0.15, 0.2) is 33.9 Å². The molecule has 3 rings (SSSR count). The molecule has 0 aliphatic heterocycles. The molecule has 130 valence electrons. The Morgan fingerprint density at radius 2 is 2.24 bits per heavy atom. The van der Waals surface area contributed by atoms with Crippen molar-refractivity contribution >= 4 is 34.1 Å². The number of nitrogens with zero attached hydrogens (tertiary/aromatic N) is 4. The monoisotopic (exact) mass is 375 g/mol. The summed E-state index contributed by atoms with van der Waals surface area (Å²) in [6.45, 7) is 5.91. The minimum atomic E-state index is -0.251. The molecule has 0 unspecified atom stereocenters. The second-order valence-electron chi connectivity index (χ2n) is 5.63. The van der Waals surface area contributed by atoms with Gasteiger partial charge in [-0.2, -0.15) is 0 Å². The molecule has 25 heavy (non-hydrogen) atoms. The highest BCUT2D eigenvalue weighted by Gasteiger charge is 2.16. The van der Waals surface area contributed by atoms with Gasteiger partial charge in [0.25, 0.3) is 5.91 Å². The second kappa shape index (κ2) is 7.75.